The number of halogens is 3. The van der Waals surface area contributed by atoms with Gasteiger partial charge in [0.15, 0.2) is 0 Å². The Balaban J connectivity index is -0.000000104. The molecule has 3 radical (unpaired) electrons. The van der Waals surface area contributed by atoms with Crippen molar-refractivity contribution in [1.82, 2.24) is 15.0 Å². The van der Waals surface area contributed by atoms with Crippen LogP contribution in [0.3, 0.4) is 0 Å². The molecule has 0 aliphatic heterocycles. The Morgan fingerprint density at radius 2 is 1.19 bits per heavy atom. The van der Waals surface area contributed by atoms with Crippen molar-refractivity contribution < 1.29 is 108 Å². The predicted octanol–water partition coefficient (Wildman–Crippen LogP) is 1.76. The first-order valence-corrected chi connectivity index (χ1v) is 9.91. The van der Waals surface area contributed by atoms with E-state index in [1.807, 2.05) is 18.8 Å². The third-order valence-electron chi connectivity index (χ3n) is 2.58. The number of alkyl halides is 1. The van der Waals surface area contributed by atoms with Gasteiger partial charge in [-0.3, -0.25) is 15.0 Å². The number of aromatic nitrogens is 3. The van der Waals surface area contributed by atoms with Gasteiger partial charge in [-0.1, -0.05) is 28.3 Å². The Labute approximate surface area is 298 Å². The molecule has 0 unspecified atom stereocenters. The first-order chi connectivity index (χ1) is 13.3. The maximum absolute atomic E-state index is 8.57. The molecule has 3 aromatic rings. The topological polar surface area (TPSA) is 157 Å². The molecule has 3 heterocycles. The predicted molar refractivity (Wildman–Crippen MR) is 135 cm³/mol. The van der Waals surface area contributed by atoms with E-state index in [1.165, 1.54) is 12.3 Å². The number of hydrogen-bond acceptors (Lipinski definition) is 8. The SMILES string of the molecule is CBr.Cc1c[c-]c(N)nc1.I.Nc1[c-]cc(B(O)O)cn1.Nc1[c-]cc(Br)cn1.[Y].[Y].[Y]. The molecule has 8 nitrogen and oxygen atoms in total. The average molecular weight is 906 g/mol. The van der Waals surface area contributed by atoms with Crippen LogP contribution in [0.5, 0.6) is 0 Å². The van der Waals surface area contributed by atoms with Gasteiger partial charge in [-0.05, 0) is 12.0 Å². The maximum Gasteiger partial charge on any atom is 0.383 e. The number of nitrogen functional groups attached to an aromatic ring is 3. The molecule has 0 saturated carbocycles. The monoisotopic (exact) mass is 904 g/mol. The smallest absolute Gasteiger partial charge is 0.383 e. The Kier molecular flexibility index (Phi) is 37.6. The summed E-state index contributed by atoms with van der Waals surface area (Å²) in [5, 5.41) is 17.1. The molecular formula is C17H21BBr2IN6O2Y3-3. The Bertz CT molecular complexity index is 710. The van der Waals surface area contributed by atoms with Crippen LogP contribution >= 0.6 is 55.8 Å². The fourth-order valence-corrected chi connectivity index (χ4v) is 1.52. The van der Waals surface area contributed by atoms with Gasteiger partial charge in [-0.2, -0.15) is 21.5 Å². The van der Waals surface area contributed by atoms with E-state index in [2.05, 4.69) is 65.0 Å². The summed E-state index contributed by atoms with van der Waals surface area (Å²) in [4.78, 5) is 11.2. The first kappa shape index (κ1) is 43.9. The van der Waals surface area contributed by atoms with Crippen molar-refractivity contribution in [2.75, 3.05) is 23.0 Å². The molecule has 167 valence electrons. The summed E-state index contributed by atoms with van der Waals surface area (Å²) in [7, 11) is -1.50. The van der Waals surface area contributed by atoms with E-state index in [0.29, 0.717) is 11.6 Å². The van der Waals surface area contributed by atoms with Gasteiger partial charge in [0.05, 0.1) is 0 Å². The molecule has 8 N–H and O–H groups in total. The van der Waals surface area contributed by atoms with Gasteiger partial charge in [0.25, 0.3) is 0 Å². The zero-order valence-corrected chi connectivity index (χ0v) is 31.4. The van der Waals surface area contributed by atoms with Crippen LogP contribution in [0.4, 0.5) is 17.5 Å². The summed E-state index contributed by atoms with van der Waals surface area (Å²) in [5.74, 6) is 2.93. The van der Waals surface area contributed by atoms with E-state index in [1.54, 1.807) is 18.5 Å². The molecule has 0 aliphatic rings. The number of hydrogen-bond donors (Lipinski definition) is 5. The molecule has 15 heteroatoms. The minimum absolute atomic E-state index is 0. The van der Waals surface area contributed by atoms with Gasteiger partial charge in [0, 0.05) is 116 Å². The van der Waals surface area contributed by atoms with Crippen molar-refractivity contribution in [3.05, 3.63) is 65.0 Å². The Hall–Kier alpha value is 1.84. The number of anilines is 3. The Morgan fingerprint density at radius 3 is 1.44 bits per heavy atom. The van der Waals surface area contributed by atoms with Crippen LogP contribution in [-0.2, 0) is 98.1 Å². The Morgan fingerprint density at radius 1 is 0.781 bits per heavy atom. The van der Waals surface area contributed by atoms with E-state index in [0.717, 1.165) is 10.0 Å². The summed E-state index contributed by atoms with van der Waals surface area (Å²) in [6, 6.07) is 12.9. The van der Waals surface area contributed by atoms with Crippen molar-refractivity contribution >= 4 is 85.9 Å². The fraction of sp³-hybridized carbons (Fsp3) is 0.118. The standard InChI is InChI=1S/C6H7N2.C5H6BN2O2.C5H4BrN2.CH3Br.HI.3Y/c1-5-2-3-6(7)8-4-5;7-5-2-1-4(3-8-5)6(9)10;6-4-1-2-5(7)8-3-4;1-2;;;;/h2,4H,1H3,(H2,7,8);1,3,9-10H,(H2,7,8);1,3H,(H2,7,8);1H3;1H;;;/q3*-1;;;;;. The average Bonchev–Trinajstić information content (AvgIpc) is 2.69. The molecule has 3 aromatic heterocycles. The van der Waals surface area contributed by atoms with Crippen molar-refractivity contribution in [1.29, 1.82) is 0 Å². The summed E-state index contributed by atoms with van der Waals surface area (Å²) in [5.41, 5.74) is 17.1. The molecule has 0 fully saturated rings. The van der Waals surface area contributed by atoms with Crippen molar-refractivity contribution in [3.63, 3.8) is 0 Å². The second-order valence-corrected chi connectivity index (χ2v) is 5.71. The van der Waals surface area contributed by atoms with E-state index in [-0.39, 0.29) is 133 Å². The van der Waals surface area contributed by atoms with Crippen LogP contribution in [0.15, 0.2) is 41.3 Å². The first-order valence-electron chi connectivity index (χ1n) is 7.53. The molecule has 0 spiro atoms. The summed E-state index contributed by atoms with van der Waals surface area (Å²) in [6.07, 6.45) is 4.63. The molecule has 0 amide bonds. The number of aryl methyl sites for hydroxylation is 1. The summed E-state index contributed by atoms with van der Waals surface area (Å²) >= 11 is 6.13. The summed E-state index contributed by atoms with van der Waals surface area (Å²) < 4.78 is 0.895. The molecule has 0 aliphatic carbocycles. The van der Waals surface area contributed by atoms with Gasteiger partial charge in [-0.25, -0.2) is 36.4 Å². The van der Waals surface area contributed by atoms with Gasteiger partial charge in [0.2, 0.25) is 0 Å². The maximum atomic E-state index is 8.57. The van der Waals surface area contributed by atoms with Crippen LogP contribution in [0.2, 0.25) is 0 Å². The molecule has 0 aromatic carbocycles. The molecule has 0 bridgehead atoms. The van der Waals surface area contributed by atoms with Crippen LogP contribution in [-0.4, -0.2) is 38.0 Å². The zero-order chi connectivity index (χ0) is 21.5. The minimum Gasteiger partial charge on any atom is -0.438 e. The van der Waals surface area contributed by atoms with Crippen LogP contribution < -0.4 is 22.7 Å². The van der Waals surface area contributed by atoms with Gasteiger partial charge in [0.1, 0.15) is 0 Å². The largest absolute Gasteiger partial charge is 0.438 e. The minimum atomic E-state index is -1.50. The molecule has 0 atom stereocenters. The quantitative estimate of drug-likeness (QED) is 0.107. The number of nitrogens with two attached hydrogens (primary N) is 3. The third kappa shape index (κ3) is 23.6. The zero-order valence-electron chi connectivity index (χ0n) is 17.4. The number of rotatable bonds is 1. The van der Waals surface area contributed by atoms with Gasteiger partial charge < -0.3 is 27.2 Å². The molecular weight excluding hydrogens is 884 g/mol. The van der Waals surface area contributed by atoms with E-state index in [9.17, 15) is 0 Å². The summed E-state index contributed by atoms with van der Waals surface area (Å²) in [6.45, 7) is 1.95. The van der Waals surface area contributed by atoms with E-state index in [4.69, 9.17) is 27.2 Å². The second-order valence-electron chi connectivity index (χ2n) is 4.80. The normalized spacial score (nSPS) is 7.69. The number of pyridine rings is 3. The van der Waals surface area contributed by atoms with Gasteiger partial charge >= 0.3 is 7.12 Å². The third-order valence-corrected chi connectivity index (χ3v) is 3.01. The molecule has 0 saturated heterocycles. The van der Waals surface area contributed by atoms with Crippen molar-refractivity contribution in [2.24, 2.45) is 0 Å². The van der Waals surface area contributed by atoms with Crippen LogP contribution in [0, 0.1) is 25.1 Å². The fourth-order valence-electron chi connectivity index (χ4n) is 1.30. The molecule has 3 rings (SSSR count). The molecule has 32 heavy (non-hydrogen) atoms. The van der Waals surface area contributed by atoms with E-state index < -0.39 is 7.12 Å². The second kappa shape index (κ2) is 27.4. The van der Waals surface area contributed by atoms with Gasteiger partial charge in [-0.15, -0.1) is 40.8 Å². The van der Waals surface area contributed by atoms with Crippen molar-refractivity contribution in [3.8, 4) is 0 Å². The van der Waals surface area contributed by atoms with Crippen molar-refractivity contribution in [2.45, 2.75) is 6.92 Å². The van der Waals surface area contributed by atoms with Crippen LogP contribution in [0.25, 0.3) is 0 Å². The van der Waals surface area contributed by atoms with E-state index >= 15 is 0 Å². The number of nitrogens with zero attached hydrogens (tertiary/aromatic N) is 3. The van der Waals surface area contributed by atoms with Crippen LogP contribution in [0.1, 0.15) is 5.56 Å².